The van der Waals surface area contributed by atoms with Gasteiger partial charge in [-0.25, -0.2) is 9.18 Å². The molecule has 0 spiro atoms. The van der Waals surface area contributed by atoms with E-state index in [2.05, 4.69) is 21.8 Å². The zero-order valence-electron chi connectivity index (χ0n) is 22.9. The largest absolute Gasteiger partial charge is 0.367 e. The number of Topliss-reactive ketones (excluding diaryl/α,β-unsaturated/α-hetero) is 1. The second kappa shape index (κ2) is 11.3. The first kappa shape index (κ1) is 27.0. The number of rotatable bonds is 5. The lowest BCUT2D eigenvalue weighted by molar-refractivity contribution is 0.0993. The quantitative estimate of drug-likeness (QED) is 0.494. The normalized spacial score (nSPS) is 21.7. The minimum atomic E-state index is -0.412. The van der Waals surface area contributed by atoms with Crippen LogP contribution in [0.5, 0.6) is 0 Å². The second-order valence-corrected chi connectivity index (χ2v) is 11.3. The van der Waals surface area contributed by atoms with Crippen molar-refractivity contribution in [3.63, 3.8) is 0 Å². The summed E-state index contributed by atoms with van der Waals surface area (Å²) in [6, 6.07) is 6.80. The number of halogens is 1. The molecule has 3 atom stereocenters. The van der Waals surface area contributed by atoms with E-state index in [0.717, 1.165) is 36.1 Å². The van der Waals surface area contributed by atoms with Crippen LogP contribution in [0, 0.1) is 11.7 Å². The van der Waals surface area contributed by atoms with E-state index in [-0.39, 0.29) is 24.3 Å². The number of carbonyl (C=O) groups excluding carboxylic acids is 2. The van der Waals surface area contributed by atoms with Crippen LogP contribution in [0.25, 0.3) is 10.9 Å². The summed E-state index contributed by atoms with van der Waals surface area (Å²) in [6.07, 6.45) is 8.39. The SMILES string of the molecule is C[C@@H]1C[C@H](N)C[C@H](c2ccncc2CC(=O)c2ccc(F)c3cc(N4CCN(C(=O)N(C)C)CC4)cnc23)C1. The van der Waals surface area contributed by atoms with Gasteiger partial charge < -0.3 is 20.4 Å². The number of fused-ring (bicyclic) bond motifs is 1. The first-order valence-electron chi connectivity index (χ1n) is 13.7. The van der Waals surface area contributed by atoms with Crippen LogP contribution in [0.4, 0.5) is 14.9 Å². The molecule has 0 radical (unpaired) electrons. The summed E-state index contributed by atoms with van der Waals surface area (Å²) < 4.78 is 15.0. The van der Waals surface area contributed by atoms with Crippen LogP contribution in [0.15, 0.2) is 42.9 Å². The molecule has 0 bridgehead atoms. The van der Waals surface area contributed by atoms with Gasteiger partial charge in [-0.05, 0) is 66.5 Å². The molecule has 3 heterocycles. The second-order valence-electron chi connectivity index (χ2n) is 11.3. The topological polar surface area (TPSA) is 95.7 Å². The van der Waals surface area contributed by atoms with E-state index >= 15 is 0 Å². The van der Waals surface area contributed by atoms with E-state index < -0.39 is 5.82 Å². The maximum atomic E-state index is 15.0. The zero-order valence-corrected chi connectivity index (χ0v) is 22.9. The highest BCUT2D eigenvalue weighted by Crippen LogP contribution is 2.37. The number of nitrogens with two attached hydrogens (primary N) is 1. The van der Waals surface area contributed by atoms with E-state index in [1.807, 2.05) is 6.07 Å². The van der Waals surface area contributed by atoms with Crippen molar-refractivity contribution < 1.29 is 14.0 Å². The van der Waals surface area contributed by atoms with E-state index in [1.54, 1.807) is 48.6 Å². The van der Waals surface area contributed by atoms with Gasteiger partial charge in [0.1, 0.15) is 5.82 Å². The highest BCUT2D eigenvalue weighted by atomic mass is 19.1. The zero-order chi connectivity index (χ0) is 27.7. The van der Waals surface area contributed by atoms with Crippen molar-refractivity contribution in [1.82, 2.24) is 19.8 Å². The lowest BCUT2D eigenvalue weighted by Crippen LogP contribution is -2.51. The number of anilines is 1. The van der Waals surface area contributed by atoms with Crippen LogP contribution in [-0.2, 0) is 6.42 Å². The minimum Gasteiger partial charge on any atom is -0.367 e. The highest BCUT2D eigenvalue weighted by Gasteiger charge is 2.28. The van der Waals surface area contributed by atoms with Crippen molar-refractivity contribution in [3.8, 4) is 0 Å². The lowest BCUT2D eigenvalue weighted by atomic mass is 9.75. The number of pyridine rings is 2. The molecule has 1 saturated heterocycles. The lowest BCUT2D eigenvalue weighted by Gasteiger charge is -2.37. The molecule has 2 fully saturated rings. The molecule has 2 aromatic heterocycles. The van der Waals surface area contributed by atoms with Crippen molar-refractivity contribution in [3.05, 3.63) is 65.4 Å². The molecule has 39 heavy (non-hydrogen) atoms. The van der Waals surface area contributed by atoms with E-state index in [9.17, 15) is 14.0 Å². The standard InChI is InChI=1S/C30H37FN6O2/c1-19-12-20(14-22(32)13-19)24-6-7-33-17-21(24)15-28(38)25-4-5-27(31)26-16-23(18-34-29(25)26)36-8-10-37(11-9-36)30(39)35(2)3/h4-7,16-20,22H,8-15,32H2,1-3H3/t19-,20+,22-/m0/s1. The first-order valence-corrected chi connectivity index (χ1v) is 13.7. The maximum absolute atomic E-state index is 15.0. The van der Waals surface area contributed by atoms with E-state index in [0.29, 0.717) is 54.5 Å². The molecule has 206 valence electrons. The molecule has 1 aliphatic heterocycles. The molecule has 1 aliphatic carbocycles. The Kier molecular flexibility index (Phi) is 7.79. The third kappa shape index (κ3) is 5.73. The fourth-order valence-corrected chi connectivity index (χ4v) is 6.18. The predicted molar refractivity (Wildman–Crippen MR) is 151 cm³/mol. The molecule has 3 aromatic rings. The van der Waals surface area contributed by atoms with Crippen LogP contribution < -0.4 is 10.6 Å². The summed E-state index contributed by atoms with van der Waals surface area (Å²) in [5.74, 6) is 0.308. The van der Waals surface area contributed by atoms with Crippen LogP contribution in [0.2, 0.25) is 0 Å². The van der Waals surface area contributed by atoms with Crippen LogP contribution >= 0.6 is 0 Å². The number of hydrogen-bond acceptors (Lipinski definition) is 6. The molecule has 9 heteroatoms. The molecule has 2 aliphatic rings. The van der Waals surface area contributed by atoms with Gasteiger partial charge in [0.15, 0.2) is 5.78 Å². The third-order valence-electron chi connectivity index (χ3n) is 8.09. The Bertz CT molecular complexity index is 1360. The molecule has 0 unspecified atom stereocenters. The number of benzene rings is 1. The number of amides is 2. The van der Waals surface area contributed by atoms with Gasteiger partial charge in [-0.2, -0.15) is 0 Å². The van der Waals surface area contributed by atoms with Crippen molar-refractivity contribution in [2.24, 2.45) is 11.7 Å². The van der Waals surface area contributed by atoms with E-state index in [4.69, 9.17) is 5.73 Å². The number of urea groups is 1. The number of carbonyl (C=O) groups is 2. The number of nitrogens with zero attached hydrogens (tertiary/aromatic N) is 5. The maximum Gasteiger partial charge on any atom is 0.319 e. The summed E-state index contributed by atoms with van der Waals surface area (Å²) in [5, 5.41) is 0.323. The summed E-state index contributed by atoms with van der Waals surface area (Å²) in [6.45, 7) is 4.63. The smallest absolute Gasteiger partial charge is 0.319 e. The minimum absolute atomic E-state index is 0.0156. The molecule has 8 nitrogen and oxygen atoms in total. The van der Waals surface area contributed by atoms with Gasteiger partial charge in [0, 0.05) is 76.1 Å². The predicted octanol–water partition coefficient (Wildman–Crippen LogP) is 4.23. The molecule has 2 N–H and O–H groups in total. The van der Waals surface area contributed by atoms with Gasteiger partial charge in [0.25, 0.3) is 0 Å². The number of piperazine rings is 1. The Morgan fingerprint density at radius 3 is 2.56 bits per heavy atom. The highest BCUT2D eigenvalue weighted by molar-refractivity contribution is 6.08. The van der Waals surface area contributed by atoms with Gasteiger partial charge in [-0.15, -0.1) is 0 Å². The van der Waals surface area contributed by atoms with Crippen LogP contribution in [0.1, 0.15) is 53.6 Å². The molecular weight excluding hydrogens is 495 g/mol. The van der Waals surface area contributed by atoms with E-state index in [1.165, 1.54) is 12.1 Å². The Morgan fingerprint density at radius 2 is 1.85 bits per heavy atom. The summed E-state index contributed by atoms with van der Waals surface area (Å²) in [7, 11) is 3.48. The third-order valence-corrected chi connectivity index (χ3v) is 8.09. The van der Waals surface area contributed by atoms with Crippen molar-refractivity contribution in [1.29, 1.82) is 0 Å². The van der Waals surface area contributed by atoms with Gasteiger partial charge in [0.2, 0.25) is 0 Å². The Labute approximate surface area is 229 Å². The number of ketones is 1. The Balaban J connectivity index is 1.37. The number of hydrogen-bond donors (Lipinski definition) is 1. The van der Waals surface area contributed by atoms with Crippen molar-refractivity contribution in [2.45, 2.75) is 44.6 Å². The van der Waals surface area contributed by atoms with Gasteiger partial charge in [-0.3, -0.25) is 14.8 Å². The first-order chi connectivity index (χ1) is 18.7. The summed E-state index contributed by atoms with van der Waals surface area (Å²) in [5.41, 5.74) is 9.90. The van der Waals surface area contributed by atoms with Gasteiger partial charge >= 0.3 is 6.03 Å². The summed E-state index contributed by atoms with van der Waals surface area (Å²) >= 11 is 0. The van der Waals surface area contributed by atoms with Crippen molar-refractivity contribution >= 4 is 28.4 Å². The van der Waals surface area contributed by atoms with Gasteiger partial charge in [0.05, 0.1) is 17.4 Å². The molecule has 1 saturated carbocycles. The van der Waals surface area contributed by atoms with Gasteiger partial charge in [-0.1, -0.05) is 6.92 Å². The molecule has 5 rings (SSSR count). The van der Waals surface area contributed by atoms with Crippen LogP contribution in [0.3, 0.4) is 0 Å². The average molecular weight is 533 g/mol. The Hall–Kier alpha value is -3.59. The molecule has 1 aromatic carbocycles. The monoisotopic (exact) mass is 532 g/mol. The molecule has 2 amide bonds. The molecular formula is C30H37FN6O2. The fourth-order valence-electron chi connectivity index (χ4n) is 6.18. The summed E-state index contributed by atoms with van der Waals surface area (Å²) in [4.78, 5) is 40.2. The van der Waals surface area contributed by atoms with Crippen molar-refractivity contribution in [2.75, 3.05) is 45.2 Å². The average Bonchev–Trinajstić information content (AvgIpc) is 2.92. The fraction of sp³-hybridized carbons (Fsp3) is 0.467. The Morgan fingerprint density at radius 1 is 1.08 bits per heavy atom. The number of aromatic nitrogens is 2. The van der Waals surface area contributed by atoms with Crippen LogP contribution in [-0.4, -0.2) is 77.9 Å².